The van der Waals surface area contributed by atoms with Crippen LogP contribution in [-0.4, -0.2) is 43.7 Å². The summed E-state index contributed by atoms with van der Waals surface area (Å²) >= 11 is 0. The Morgan fingerprint density at radius 2 is 2.27 bits per heavy atom. The molecule has 6 nitrogen and oxygen atoms in total. The van der Waals surface area contributed by atoms with E-state index in [1.54, 1.807) is 7.05 Å². The monoisotopic (exact) mass is 470 g/mol. The Kier molecular flexibility index (Phi) is 6.39. The number of hydrogen-bond acceptors (Lipinski definition) is 3. The fraction of sp³-hybridized carbons (Fsp3) is 0.579. The number of benzene rings is 1. The van der Waals surface area contributed by atoms with Gasteiger partial charge in [0.05, 0.1) is 18.2 Å². The van der Waals surface area contributed by atoms with E-state index in [1.165, 1.54) is 6.42 Å². The van der Waals surface area contributed by atoms with Crippen LogP contribution < -0.4 is 15.5 Å². The molecular formula is C19H27IN4O2. The molecule has 1 amide bonds. The van der Waals surface area contributed by atoms with Gasteiger partial charge in [0.2, 0.25) is 5.91 Å². The Bertz CT molecular complexity index is 681. The molecule has 3 aliphatic rings. The molecule has 4 rings (SSSR count). The van der Waals surface area contributed by atoms with Gasteiger partial charge in [-0.3, -0.25) is 9.79 Å². The number of ether oxygens (including phenoxy) is 1. The predicted octanol–water partition coefficient (Wildman–Crippen LogP) is 2.42. The Hall–Kier alpha value is -1.35. The highest BCUT2D eigenvalue weighted by atomic mass is 127. The van der Waals surface area contributed by atoms with Gasteiger partial charge in [0, 0.05) is 32.2 Å². The summed E-state index contributed by atoms with van der Waals surface area (Å²) in [5.41, 5.74) is 2.13. The molecule has 7 heteroatoms. The third kappa shape index (κ3) is 4.14. The van der Waals surface area contributed by atoms with E-state index in [-0.39, 0.29) is 29.9 Å². The summed E-state index contributed by atoms with van der Waals surface area (Å²) < 4.78 is 5.89. The SMILES string of the molecule is CN=C(NCc1cccc(N2CCCC2=O)c1)NC1CC2CCC1O2.I. The molecule has 2 N–H and O–H groups in total. The molecule has 2 bridgehead atoms. The quantitative estimate of drug-likeness (QED) is 0.403. The van der Waals surface area contributed by atoms with Gasteiger partial charge < -0.3 is 20.3 Å². The van der Waals surface area contributed by atoms with Crippen molar-refractivity contribution in [2.24, 2.45) is 4.99 Å². The average molecular weight is 470 g/mol. The number of guanidine groups is 1. The number of hydrogen-bond donors (Lipinski definition) is 2. The van der Waals surface area contributed by atoms with Gasteiger partial charge in [-0.15, -0.1) is 24.0 Å². The Morgan fingerprint density at radius 1 is 1.38 bits per heavy atom. The Labute approximate surface area is 171 Å². The zero-order valence-corrected chi connectivity index (χ0v) is 17.4. The number of carbonyl (C=O) groups is 1. The van der Waals surface area contributed by atoms with Gasteiger partial charge in [-0.1, -0.05) is 12.1 Å². The van der Waals surface area contributed by atoms with Crippen molar-refractivity contribution in [2.45, 2.75) is 56.9 Å². The molecule has 1 aromatic carbocycles. The first-order valence-corrected chi connectivity index (χ1v) is 9.25. The zero-order chi connectivity index (χ0) is 17.2. The molecule has 3 aliphatic heterocycles. The lowest BCUT2D eigenvalue weighted by Gasteiger charge is -2.23. The number of fused-ring (bicyclic) bond motifs is 2. The van der Waals surface area contributed by atoms with Crippen molar-refractivity contribution in [3.8, 4) is 0 Å². The van der Waals surface area contributed by atoms with Crippen LogP contribution in [0.1, 0.15) is 37.7 Å². The van der Waals surface area contributed by atoms with E-state index in [9.17, 15) is 4.79 Å². The van der Waals surface area contributed by atoms with Crippen molar-refractivity contribution in [3.63, 3.8) is 0 Å². The third-order valence-electron chi connectivity index (χ3n) is 5.41. The molecule has 3 atom stereocenters. The van der Waals surface area contributed by atoms with Crippen LogP contribution >= 0.6 is 24.0 Å². The highest BCUT2D eigenvalue weighted by Crippen LogP contribution is 2.34. The summed E-state index contributed by atoms with van der Waals surface area (Å²) in [6, 6.07) is 8.54. The number of amides is 1. The maximum absolute atomic E-state index is 11.9. The summed E-state index contributed by atoms with van der Waals surface area (Å²) in [7, 11) is 1.79. The van der Waals surface area contributed by atoms with Crippen LogP contribution in [0, 0.1) is 0 Å². The molecule has 142 valence electrons. The molecule has 0 aliphatic carbocycles. The normalized spacial score (nSPS) is 27.6. The van der Waals surface area contributed by atoms with Crippen molar-refractivity contribution in [3.05, 3.63) is 29.8 Å². The molecule has 3 heterocycles. The fourth-order valence-corrected chi connectivity index (χ4v) is 4.10. The molecule has 0 spiro atoms. The van der Waals surface area contributed by atoms with Crippen LogP contribution in [0.5, 0.6) is 0 Å². The number of nitrogens with one attached hydrogen (secondary N) is 2. The molecule has 0 aromatic heterocycles. The van der Waals surface area contributed by atoms with Gasteiger partial charge in [0.15, 0.2) is 5.96 Å². The topological polar surface area (TPSA) is 66.0 Å². The molecule has 3 fully saturated rings. The smallest absolute Gasteiger partial charge is 0.227 e. The molecule has 0 saturated carbocycles. The minimum atomic E-state index is 0. The van der Waals surface area contributed by atoms with E-state index in [0.717, 1.165) is 43.0 Å². The van der Waals surface area contributed by atoms with Crippen LogP contribution in [-0.2, 0) is 16.1 Å². The molecular weight excluding hydrogens is 443 g/mol. The molecule has 3 saturated heterocycles. The maximum atomic E-state index is 11.9. The lowest BCUT2D eigenvalue weighted by atomic mass is 9.96. The summed E-state index contributed by atoms with van der Waals surface area (Å²) in [5, 5.41) is 6.87. The van der Waals surface area contributed by atoms with Crippen LogP contribution in [0.25, 0.3) is 0 Å². The Balaban J connectivity index is 0.00000196. The van der Waals surface area contributed by atoms with E-state index in [4.69, 9.17) is 4.74 Å². The van der Waals surface area contributed by atoms with E-state index in [2.05, 4.69) is 27.8 Å². The molecule has 26 heavy (non-hydrogen) atoms. The predicted molar refractivity (Wildman–Crippen MR) is 113 cm³/mol. The standard InChI is InChI=1S/C19H26N4O2.HI/c1-20-19(22-16-11-15-7-8-17(16)25-15)21-12-13-4-2-5-14(10-13)23-9-3-6-18(23)24;/h2,4-5,10,15-17H,3,6-9,11-12H2,1H3,(H2,20,21,22);1H. The van der Waals surface area contributed by atoms with E-state index < -0.39 is 0 Å². The van der Waals surface area contributed by atoms with Gasteiger partial charge in [0.25, 0.3) is 0 Å². The van der Waals surface area contributed by atoms with E-state index in [0.29, 0.717) is 31.2 Å². The second-order valence-corrected chi connectivity index (χ2v) is 7.11. The summed E-state index contributed by atoms with van der Waals surface area (Å²) in [6.45, 7) is 1.50. The highest BCUT2D eigenvalue weighted by Gasteiger charge is 2.41. The maximum Gasteiger partial charge on any atom is 0.227 e. The van der Waals surface area contributed by atoms with Crippen molar-refractivity contribution < 1.29 is 9.53 Å². The molecule has 1 aromatic rings. The van der Waals surface area contributed by atoms with Gasteiger partial charge in [0.1, 0.15) is 0 Å². The first-order chi connectivity index (χ1) is 12.2. The van der Waals surface area contributed by atoms with Crippen LogP contribution in [0.3, 0.4) is 0 Å². The fourth-order valence-electron chi connectivity index (χ4n) is 4.10. The zero-order valence-electron chi connectivity index (χ0n) is 15.1. The van der Waals surface area contributed by atoms with Gasteiger partial charge >= 0.3 is 0 Å². The first kappa shape index (κ1) is 19.4. The average Bonchev–Trinajstić information content (AvgIpc) is 3.35. The largest absolute Gasteiger partial charge is 0.373 e. The summed E-state index contributed by atoms with van der Waals surface area (Å²) in [5.74, 6) is 1.03. The number of aliphatic imine (C=N–C) groups is 1. The second-order valence-electron chi connectivity index (χ2n) is 7.11. The van der Waals surface area contributed by atoms with Gasteiger partial charge in [-0.05, 0) is 43.4 Å². The summed E-state index contributed by atoms with van der Waals surface area (Å²) in [4.78, 5) is 18.1. The van der Waals surface area contributed by atoms with Crippen LogP contribution in [0.2, 0.25) is 0 Å². The highest BCUT2D eigenvalue weighted by molar-refractivity contribution is 14.0. The number of carbonyl (C=O) groups excluding carboxylic acids is 1. The van der Waals surface area contributed by atoms with E-state index >= 15 is 0 Å². The lowest BCUT2D eigenvalue weighted by Crippen LogP contribution is -2.47. The van der Waals surface area contributed by atoms with Crippen molar-refractivity contribution in [1.29, 1.82) is 0 Å². The van der Waals surface area contributed by atoms with Crippen molar-refractivity contribution >= 4 is 41.5 Å². The Morgan fingerprint density at radius 3 is 2.92 bits per heavy atom. The second kappa shape index (κ2) is 8.56. The van der Waals surface area contributed by atoms with Gasteiger partial charge in [-0.2, -0.15) is 0 Å². The minimum absolute atomic E-state index is 0. The van der Waals surface area contributed by atoms with Crippen LogP contribution in [0.4, 0.5) is 5.69 Å². The number of rotatable bonds is 4. The number of nitrogens with zero attached hydrogens (tertiary/aromatic N) is 2. The summed E-state index contributed by atoms with van der Waals surface area (Å²) in [6.07, 6.45) is 5.76. The molecule has 3 unspecified atom stereocenters. The number of halogens is 1. The minimum Gasteiger partial charge on any atom is -0.373 e. The van der Waals surface area contributed by atoms with Crippen molar-refractivity contribution in [1.82, 2.24) is 10.6 Å². The van der Waals surface area contributed by atoms with Crippen molar-refractivity contribution in [2.75, 3.05) is 18.5 Å². The van der Waals surface area contributed by atoms with E-state index in [1.807, 2.05) is 17.0 Å². The number of anilines is 1. The third-order valence-corrected chi connectivity index (χ3v) is 5.41. The van der Waals surface area contributed by atoms with Crippen LogP contribution in [0.15, 0.2) is 29.3 Å². The van der Waals surface area contributed by atoms with Gasteiger partial charge in [-0.25, -0.2) is 0 Å². The first-order valence-electron chi connectivity index (χ1n) is 9.25. The lowest BCUT2D eigenvalue weighted by molar-refractivity contribution is -0.117. The molecule has 0 radical (unpaired) electrons.